The van der Waals surface area contributed by atoms with Crippen molar-refractivity contribution in [1.82, 2.24) is 0 Å². The molecular formula is C11H14O2. The van der Waals surface area contributed by atoms with E-state index in [-0.39, 0.29) is 5.78 Å². The lowest BCUT2D eigenvalue weighted by atomic mass is 9.99. The zero-order chi connectivity index (χ0) is 10.0. The monoisotopic (exact) mass is 178 g/mol. The van der Waals surface area contributed by atoms with Crippen molar-refractivity contribution < 1.29 is 9.90 Å². The van der Waals surface area contributed by atoms with Gasteiger partial charge in [-0.3, -0.25) is 4.79 Å². The molecule has 0 spiro atoms. The third-order valence-electron chi connectivity index (χ3n) is 2.11. The van der Waals surface area contributed by atoms with Gasteiger partial charge in [0.05, 0.1) is 0 Å². The normalized spacial score (nSPS) is 12.6. The number of carbonyl (C=O) groups is 1. The van der Waals surface area contributed by atoms with Crippen LogP contribution in [0.25, 0.3) is 0 Å². The number of hydrogen-bond acceptors (Lipinski definition) is 2. The van der Waals surface area contributed by atoms with E-state index in [0.717, 1.165) is 11.1 Å². The van der Waals surface area contributed by atoms with Crippen LogP contribution in [0, 0.1) is 13.8 Å². The Morgan fingerprint density at radius 2 is 2.00 bits per heavy atom. The van der Waals surface area contributed by atoms with Crippen molar-refractivity contribution in [3.63, 3.8) is 0 Å². The number of rotatable bonds is 2. The summed E-state index contributed by atoms with van der Waals surface area (Å²) >= 11 is 0. The summed E-state index contributed by atoms with van der Waals surface area (Å²) in [6.45, 7) is 5.23. The van der Waals surface area contributed by atoms with E-state index in [1.807, 2.05) is 32.0 Å². The Balaban J connectivity index is 3.12. The summed E-state index contributed by atoms with van der Waals surface area (Å²) in [6.07, 6.45) is -0.972. The number of aryl methyl sites for hydroxylation is 2. The largest absolute Gasteiger partial charge is 0.381 e. The minimum Gasteiger partial charge on any atom is -0.381 e. The number of ketones is 1. The second-order valence-corrected chi connectivity index (χ2v) is 3.37. The maximum absolute atomic E-state index is 11.0. The second kappa shape index (κ2) is 3.71. The Bertz CT molecular complexity index is 329. The third-order valence-corrected chi connectivity index (χ3v) is 2.11. The van der Waals surface area contributed by atoms with Gasteiger partial charge < -0.3 is 5.11 Å². The molecule has 0 heterocycles. The molecule has 0 aromatic heterocycles. The maximum Gasteiger partial charge on any atom is 0.162 e. The van der Waals surface area contributed by atoms with Crippen LogP contribution >= 0.6 is 0 Å². The topological polar surface area (TPSA) is 37.3 Å². The molecule has 0 radical (unpaired) electrons. The molecule has 1 atom stereocenters. The Kier molecular flexibility index (Phi) is 2.83. The van der Waals surface area contributed by atoms with Crippen LogP contribution in [0.3, 0.4) is 0 Å². The van der Waals surface area contributed by atoms with Crippen molar-refractivity contribution in [3.05, 3.63) is 34.9 Å². The Morgan fingerprint density at radius 3 is 2.54 bits per heavy atom. The molecule has 0 bridgehead atoms. The molecule has 2 nitrogen and oxygen atoms in total. The zero-order valence-corrected chi connectivity index (χ0v) is 8.16. The molecule has 0 amide bonds. The van der Waals surface area contributed by atoms with E-state index in [1.54, 1.807) is 0 Å². The summed E-state index contributed by atoms with van der Waals surface area (Å²) in [6, 6.07) is 5.73. The number of carbonyl (C=O) groups excluding carboxylic acids is 1. The molecule has 13 heavy (non-hydrogen) atoms. The van der Waals surface area contributed by atoms with Gasteiger partial charge >= 0.3 is 0 Å². The van der Waals surface area contributed by atoms with Crippen LogP contribution < -0.4 is 0 Å². The summed E-state index contributed by atoms with van der Waals surface area (Å²) in [5, 5.41) is 9.55. The fourth-order valence-corrected chi connectivity index (χ4v) is 1.27. The number of Topliss-reactive ketones (excluding diaryl/α,β-unsaturated/α-hetero) is 1. The van der Waals surface area contributed by atoms with Gasteiger partial charge in [-0.25, -0.2) is 0 Å². The molecule has 70 valence electrons. The fraction of sp³-hybridized carbons (Fsp3) is 0.364. The fourth-order valence-electron chi connectivity index (χ4n) is 1.27. The van der Waals surface area contributed by atoms with Gasteiger partial charge in [0.2, 0.25) is 0 Å². The van der Waals surface area contributed by atoms with E-state index in [2.05, 4.69) is 0 Å². The highest BCUT2D eigenvalue weighted by molar-refractivity contribution is 5.82. The number of benzene rings is 1. The van der Waals surface area contributed by atoms with Crippen LogP contribution in [-0.4, -0.2) is 10.9 Å². The Hall–Kier alpha value is -1.15. The lowest BCUT2D eigenvalue weighted by Crippen LogP contribution is -2.09. The molecule has 0 saturated heterocycles. The van der Waals surface area contributed by atoms with E-state index < -0.39 is 6.10 Å². The molecular weight excluding hydrogens is 164 g/mol. The van der Waals surface area contributed by atoms with Crippen LogP contribution in [-0.2, 0) is 4.79 Å². The van der Waals surface area contributed by atoms with Crippen molar-refractivity contribution in [1.29, 1.82) is 0 Å². The third kappa shape index (κ3) is 2.16. The Labute approximate surface area is 78.2 Å². The first-order valence-electron chi connectivity index (χ1n) is 4.28. The average molecular weight is 178 g/mol. The standard InChI is InChI=1S/C11H14O2/c1-7-4-5-8(2)10(6-7)11(13)9(3)12/h4-6,11,13H,1-3H3. The van der Waals surface area contributed by atoms with Gasteiger partial charge in [0, 0.05) is 0 Å². The van der Waals surface area contributed by atoms with E-state index in [9.17, 15) is 9.90 Å². The van der Waals surface area contributed by atoms with Crippen molar-refractivity contribution >= 4 is 5.78 Å². The molecule has 0 fully saturated rings. The van der Waals surface area contributed by atoms with Gasteiger partial charge in [-0.2, -0.15) is 0 Å². The van der Waals surface area contributed by atoms with Gasteiger partial charge in [0.25, 0.3) is 0 Å². The summed E-state index contributed by atoms with van der Waals surface area (Å²) in [7, 11) is 0. The number of aliphatic hydroxyl groups excluding tert-OH is 1. The smallest absolute Gasteiger partial charge is 0.162 e. The number of aliphatic hydroxyl groups is 1. The van der Waals surface area contributed by atoms with E-state index in [4.69, 9.17) is 0 Å². The van der Waals surface area contributed by atoms with Gasteiger partial charge in [-0.05, 0) is 31.9 Å². The van der Waals surface area contributed by atoms with Gasteiger partial charge in [-0.15, -0.1) is 0 Å². The molecule has 0 aliphatic rings. The molecule has 2 heteroatoms. The molecule has 0 aliphatic heterocycles. The quantitative estimate of drug-likeness (QED) is 0.751. The Morgan fingerprint density at radius 1 is 1.38 bits per heavy atom. The molecule has 1 aromatic rings. The highest BCUT2D eigenvalue weighted by atomic mass is 16.3. The highest BCUT2D eigenvalue weighted by Crippen LogP contribution is 2.19. The van der Waals surface area contributed by atoms with E-state index >= 15 is 0 Å². The van der Waals surface area contributed by atoms with Crippen LogP contribution in [0.5, 0.6) is 0 Å². The molecule has 1 aromatic carbocycles. The van der Waals surface area contributed by atoms with Crippen LogP contribution in [0.2, 0.25) is 0 Å². The first-order chi connectivity index (χ1) is 6.02. The SMILES string of the molecule is CC(=O)C(O)c1cc(C)ccc1C. The van der Waals surface area contributed by atoms with Gasteiger partial charge in [-0.1, -0.05) is 23.8 Å². The van der Waals surface area contributed by atoms with E-state index in [1.165, 1.54) is 6.92 Å². The summed E-state index contributed by atoms with van der Waals surface area (Å²) in [5.41, 5.74) is 2.72. The minimum atomic E-state index is -0.972. The highest BCUT2D eigenvalue weighted by Gasteiger charge is 2.14. The van der Waals surface area contributed by atoms with Crippen LogP contribution in [0.1, 0.15) is 29.7 Å². The van der Waals surface area contributed by atoms with Crippen molar-refractivity contribution in [2.45, 2.75) is 26.9 Å². The van der Waals surface area contributed by atoms with Crippen LogP contribution in [0.4, 0.5) is 0 Å². The summed E-state index contributed by atoms with van der Waals surface area (Å²) in [4.78, 5) is 11.0. The predicted molar refractivity (Wildman–Crippen MR) is 51.6 cm³/mol. The van der Waals surface area contributed by atoms with Crippen LogP contribution in [0.15, 0.2) is 18.2 Å². The average Bonchev–Trinajstić information content (AvgIpc) is 2.08. The van der Waals surface area contributed by atoms with Gasteiger partial charge in [0.1, 0.15) is 6.10 Å². The predicted octanol–water partition coefficient (Wildman–Crippen LogP) is 1.93. The van der Waals surface area contributed by atoms with E-state index in [0.29, 0.717) is 5.56 Å². The lowest BCUT2D eigenvalue weighted by molar-refractivity contribution is -0.125. The minimum absolute atomic E-state index is 0.214. The molecule has 1 unspecified atom stereocenters. The molecule has 1 rings (SSSR count). The van der Waals surface area contributed by atoms with Crippen molar-refractivity contribution in [2.24, 2.45) is 0 Å². The molecule has 0 saturated carbocycles. The summed E-state index contributed by atoms with van der Waals surface area (Å²) in [5.74, 6) is -0.214. The van der Waals surface area contributed by atoms with Gasteiger partial charge in [0.15, 0.2) is 5.78 Å². The van der Waals surface area contributed by atoms with Crippen molar-refractivity contribution in [2.75, 3.05) is 0 Å². The second-order valence-electron chi connectivity index (χ2n) is 3.37. The first-order valence-corrected chi connectivity index (χ1v) is 4.28. The zero-order valence-electron chi connectivity index (χ0n) is 8.16. The molecule has 0 aliphatic carbocycles. The maximum atomic E-state index is 11.0. The first kappa shape index (κ1) is 9.93. The number of hydrogen-bond donors (Lipinski definition) is 1. The molecule has 1 N–H and O–H groups in total. The van der Waals surface area contributed by atoms with Crippen molar-refractivity contribution in [3.8, 4) is 0 Å². The lowest BCUT2D eigenvalue weighted by Gasteiger charge is -2.11. The summed E-state index contributed by atoms with van der Waals surface area (Å²) < 4.78 is 0.